The molecule has 21 heavy (non-hydrogen) atoms. The monoisotopic (exact) mass is 388 g/mol. The largest absolute Gasteiger partial charge is 0.398 e. The van der Waals surface area contributed by atoms with Crippen LogP contribution >= 0.6 is 27.5 Å². The van der Waals surface area contributed by atoms with Crippen LogP contribution in [0.1, 0.15) is 5.56 Å². The van der Waals surface area contributed by atoms with Gasteiger partial charge in [-0.1, -0.05) is 45.7 Å². The fourth-order valence-corrected chi connectivity index (χ4v) is 4.16. The molecule has 0 aromatic heterocycles. The summed E-state index contributed by atoms with van der Waals surface area (Å²) in [5, 5.41) is 0.121. The number of nitrogen functional groups attached to an aromatic ring is 1. The van der Waals surface area contributed by atoms with Gasteiger partial charge in [0.15, 0.2) is 0 Å². The zero-order valence-corrected chi connectivity index (χ0v) is 14.4. The Morgan fingerprint density at radius 1 is 1.24 bits per heavy atom. The average molecular weight is 390 g/mol. The van der Waals surface area contributed by atoms with Crippen LogP contribution in [0.3, 0.4) is 0 Å². The lowest BCUT2D eigenvalue weighted by molar-refractivity contribution is 0.467. The second-order valence-electron chi connectivity index (χ2n) is 4.55. The van der Waals surface area contributed by atoms with E-state index in [4.69, 9.17) is 17.3 Å². The highest BCUT2D eigenvalue weighted by molar-refractivity contribution is 9.10. The normalized spacial score (nSPS) is 11.8. The third kappa shape index (κ3) is 3.58. The van der Waals surface area contributed by atoms with Crippen molar-refractivity contribution in [3.05, 3.63) is 57.5 Å². The standard InChI is InChI=1S/C14H14BrClN2O2S/c1-18(9-10-4-2-5-11(15)8-10)21(19,20)14-12(16)6-3-7-13(14)17/h2-8H,9,17H2,1H3. The summed E-state index contributed by atoms with van der Waals surface area (Å²) in [5.41, 5.74) is 6.77. The Labute approximate surface area is 137 Å². The molecule has 0 aliphatic rings. The van der Waals surface area contributed by atoms with Gasteiger partial charge in [0, 0.05) is 18.1 Å². The number of hydrogen-bond donors (Lipinski definition) is 1. The maximum absolute atomic E-state index is 12.6. The summed E-state index contributed by atoms with van der Waals surface area (Å²) in [6.45, 7) is 0.229. The molecule has 0 bridgehead atoms. The number of nitrogens with two attached hydrogens (primary N) is 1. The molecule has 2 aromatic rings. The van der Waals surface area contributed by atoms with E-state index in [1.807, 2.05) is 24.3 Å². The lowest BCUT2D eigenvalue weighted by Gasteiger charge is -2.19. The number of anilines is 1. The molecule has 4 nitrogen and oxygen atoms in total. The Hall–Kier alpha value is -1.08. The summed E-state index contributed by atoms with van der Waals surface area (Å²) in [6, 6.07) is 12.1. The van der Waals surface area contributed by atoms with Crippen LogP contribution in [0.25, 0.3) is 0 Å². The van der Waals surface area contributed by atoms with Crippen molar-refractivity contribution in [3.8, 4) is 0 Å². The molecule has 0 amide bonds. The lowest BCUT2D eigenvalue weighted by Crippen LogP contribution is -2.27. The minimum Gasteiger partial charge on any atom is -0.398 e. The third-order valence-corrected chi connectivity index (χ3v) is 5.80. The number of hydrogen-bond acceptors (Lipinski definition) is 3. The molecule has 2 N–H and O–H groups in total. The summed E-state index contributed by atoms with van der Waals surface area (Å²) < 4.78 is 27.3. The van der Waals surface area contributed by atoms with E-state index in [2.05, 4.69) is 15.9 Å². The van der Waals surface area contributed by atoms with Crippen LogP contribution in [-0.4, -0.2) is 19.8 Å². The molecule has 0 heterocycles. The van der Waals surface area contributed by atoms with Crippen LogP contribution < -0.4 is 5.73 Å². The van der Waals surface area contributed by atoms with Gasteiger partial charge < -0.3 is 5.73 Å². The fourth-order valence-electron chi connectivity index (χ4n) is 1.93. The van der Waals surface area contributed by atoms with Gasteiger partial charge in [0.25, 0.3) is 0 Å². The van der Waals surface area contributed by atoms with E-state index >= 15 is 0 Å². The average Bonchev–Trinajstić information content (AvgIpc) is 2.38. The molecule has 0 atom stereocenters. The second-order valence-corrected chi connectivity index (χ2v) is 7.85. The van der Waals surface area contributed by atoms with Gasteiger partial charge in [-0.15, -0.1) is 0 Å². The third-order valence-electron chi connectivity index (χ3n) is 2.96. The van der Waals surface area contributed by atoms with Gasteiger partial charge in [0.05, 0.1) is 10.7 Å². The van der Waals surface area contributed by atoms with Gasteiger partial charge in [-0.05, 0) is 29.8 Å². The van der Waals surface area contributed by atoms with Crippen molar-refractivity contribution in [2.45, 2.75) is 11.4 Å². The molecule has 0 saturated heterocycles. The van der Waals surface area contributed by atoms with Crippen LogP contribution in [0.2, 0.25) is 5.02 Å². The SMILES string of the molecule is CN(Cc1cccc(Br)c1)S(=O)(=O)c1c(N)cccc1Cl. The van der Waals surface area contributed by atoms with Crippen molar-refractivity contribution in [3.63, 3.8) is 0 Å². The highest BCUT2D eigenvalue weighted by Gasteiger charge is 2.26. The zero-order chi connectivity index (χ0) is 15.6. The molecule has 112 valence electrons. The van der Waals surface area contributed by atoms with E-state index in [9.17, 15) is 8.42 Å². The first-order valence-electron chi connectivity index (χ1n) is 6.07. The van der Waals surface area contributed by atoms with Crippen LogP contribution in [-0.2, 0) is 16.6 Å². The second kappa shape index (κ2) is 6.36. The molecular weight excluding hydrogens is 376 g/mol. The van der Waals surface area contributed by atoms with Gasteiger partial charge in [-0.3, -0.25) is 0 Å². The van der Waals surface area contributed by atoms with Gasteiger partial charge in [0.2, 0.25) is 10.0 Å². The Balaban J connectivity index is 2.35. The molecule has 7 heteroatoms. The lowest BCUT2D eigenvalue weighted by atomic mass is 10.2. The minimum atomic E-state index is -3.75. The first-order valence-corrected chi connectivity index (χ1v) is 8.68. The van der Waals surface area contributed by atoms with E-state index in [0.29, 0.717) is 0 Å². The highest BCUT2D eigenvalue weighted by atomic mass is 79.9. The molecule has 2 aromatic carbocycles. The summed E-state index contributed by atoms with van der Waals surface area (Å²) in [6.07, 6.45) is 0. The molecule has 0 spiro atoms. The zero-order valence-electron chi connectivity index (χ0n) is 11.3. The quantitative estimate of drug-likeness (QED) is 0.814. The van der Waals surface area contributed by atoms with E-state index in [-0.39, 0.29) is 22.2 Å². The Morgan fingerprint density at radius 2 is 1.90 bits per heavy atom. The van der Waals surface area contributed by atoms with E-state index < -0.39 is 10.0 Å². The number of benzene rings is 2. The van der Waals surface area contributed by atoms with E-state index in [0.717, 1.165) is 10.0 Å². The molecule has 0 aliphatic heterocycles. The van der Waals surface area contributed by atoms with Crippen molar-refractivity contribution >= 4 is 43.2 Å². The number of rotatable bonds is 4. The maximum Gasteiger partial charge on any atom is 0.246 e. The Morgan fingerprint density at radius 3 is 2.52 bits per heavy atom. The molecule has 0 fully saturated rings. The Kier molecular flexibility index (Phi) is 4.93. The van der Waals surface area contributed by atoms with Crippen LogP contribution in [0.5, 0.6) is 0 Å². The summed E-state index contributed by atoms with van der Waals surface area (Å²) >= 11 is 9.35. The highest BCUT2D eigenvalue weighted by Crippen LogP contribution is 2.30. The molecule has 2 rings (SSSR count). The minimum absolute atomic E-state index is 0.0517. The molecular formula is C14H14BrClN2O2S. The van der Waals surface area contributed by atoms with Gasteiger partial charge >= 0.3 is 0 Å². The van der Waals surface area contributed by atoms with Crippen molar-refractivity contribution < 1.29 is 8.42 Å². The summed E-state index contributed by atoms with van der Waals surface area (Å²) in [4.78, 5) is -0.0517. The smallest absolute Gasteiger partial charge is 0.246 e. The number of sulfonamides is 1. The van der Waals surface area contributed by atoms with Crippen LogP contribution in [0.15, 0.2) is 51.8 Å². The number of nitrogens with zero attached hydrogens (tertiary/aromatic N) is 1. The van der Waals surface area contributed by atoms with Crippen molar-refractivity contribution in [2.75, 3.05) is 12.8 Å². The molecule has 0 radical (unpaired) electrons. The first-order chi connectivity index (χ1) is 9.82. The van der Waals surface area contributed by atoms with Gasteiger partial charge in [-0.2, -0.15) is 4.31 Å². The first kappa shape index (κ1) is 16.3. The molecule has 0 saturated carbocycles. The van der Waals surface area contributed by atoms with E-state index in [1.165, 1.54) is 23.5 Å². The Bertz CT molecular complexity index is 745. The summed E-state index contributed by atoms with van der Waals surface area (Å²) in [7, 11) is -2.25. The van der Waals surface area contributed by atoms with Crippen molar-refractivity contribution in [1.82, 2.24) is 4.31 Å². The molecule has 0 unspecified atom stereocenters. The predicted molar refractivity (Wildman–Crippen MR) is 88.7 cm³/mol. The fraction of sp³-hybridized carbons (Fsp3) is 0.143. The topological polar surface area (TPSA) is 63.4 Å². The van der Waals surface area contributed by atoms with E-state index in [1.54, 1.807) is 6.07 Å². The predicted octanol–water partition coefficient (Wildman–Crippen LogP) is 3.51. The van der Waals surface area contributed by atoms with Crippen LogP contribution in [0.4, 0.5) is 5.69 Å². The molecule has 0 aliphatic carbocycles. The number of halogens is 2. The van der Waals surface area contributed by atoms with Crippen LogP contribution in [0, 0.1) is 0 Å². The maximum atomic E-state index is 12.6. The van der Waals surface area contributed by atoms with Crippen molar-refractivity contribution in [2.24, 2.45) is 0 Å². The van der Waals surface area contributed by atoms with Gasteiger partial charge in [-0.25, -0.2) is 8.42 Å². The van der Waals surface area contributed by atoms with Crippen molar-refractivity contribution in [1.29, 1.82) is 0 Å². The van der Waals surface area contributed by atoms with Gasteiger partial charge in [0.1, 0.15) is 4.90 Å². The summed E-state index contributed by atoms with van der Waals surface area (Å²) in [5.74, 6) is 0.